The van der Waals surface area contributed by atoms with E-state index in [1.165, 1.54) is 14.2 Å². The summed E-state index contributed by atoms with van der Waals surface area (Å²) in [5.41, 5.74) is 0.455. The van der Waals surface area contributed by atoms with E-state index in [1.807, 2.05) is 0 Å². The van der Waals surface area contributed by atoms with Crippen LogP contribution in [0, 0.1) is 0 Å². The first kappa shape index (κ1) is 19.8. The Balaban J connectivity index is 1.83. The zero-order chi connectivity index (χ0) is 18.4. The fourth-order valence-corrected chi connectivity index (χ4v) is 3.41. The molecule has 7 heteroatoms. The van der Waals surface area contributed by atoms with Crippen LogP contribution in [0.25, 0.3) is 0 Å². The van der Waals surface area contributed by atoms with Gasteiger partial charge in [0.15, 0.2) is 11.5 Å². The molecule has 140 valence electrons. The number of rotatable bonds is 7. The largest absolute Gasteiger partial charge is 0.493 e. The van der Waals surface area contributed by atoms with Crippen molar-refractivity contribution >= 4 is 17.5 Å². The van der Waals surface area contributed by atoms with E-state index in [2.05, 4.69) is 24.1 Å². The van der Waals surface area contributed by atoms with Crippen LogP contribution < -0.4 is 14.8 Å². The minimum Gasteiger partial charge on any atom is -0.493 e. The van der Waals surface area contributed by atoms with Gasteiger partial charge in [-0.05, 0) is 32.4 Å². The lowest BCUT2D eigenvalue weighted by atomic mass is 10.2. The molecule has 1 aliphatic heterocycles. The minimum atomic E-state index is -0.174. The number of morpholine rings is 1. The fourth-order valence-electron chi connectivity index (χ4n) is 3.12. The number of halogens is 1. The molecule has 2 unspecified atom stereocenters. The molecule has 6 nitrogen and oxygen atoms in total. The van der Waals surface area contributed by atoms with E-state index < -0.39 is 0 Å². The summed E-state index contributed by atoms with van der Waals surface area (Å²) in [6, 6.07) is 3.22. The van der Waals surface area contributed by atoms with Crippen LogP contribution in [0.15, 0.2) is 12.1 Å². The molecule has 1 heterocycles. The topological polar surface area (TPSA) is 60.0 Å². The highest BCUT2D eigenvalue weighted by atomic mass is 35.5. The van der Waals surface area contributed by atoms with E-state index in [9.17, 15) is 4.79 Å². The molecule has 1 fully saturated rings. The van der Waals surface area contributed by atoms with Gasteiger partial charge in [-0.15, -0.1) is 0 Å². The van der Waals surface area contributed by atoms with Crippen LogP contribution in [0.3, 0.4) is 0 Å². The zero-order valence-electron chi connectivity index (χ0n) is 15.3. The SMILES string of the molecule is COc1cc(C(=O)NCCCN2CC(C)OC(C)C2)cc(Cl)c1OC. The van der Waals surface area contributed by atoms with Crippen molar-refractivity contribution in [2.75, 3.05) is 40.4 Å². The van der Waals surface area contributed by atoms with Gasteiger partial charge in [0.2, 0.25) is 0 Å². The first-order valence-corrected chi connectivity index (χ1v) is 8.90. The first-order chi connectivity index (χ1) is 11.9. The van der Waals surface area contributed by atoms with Gasteiger partial charge in [-0.1, -0.05) is 11.6 Å². The lowest BCUT2D eigenvalue weighted by Crippen LogP contribution is -2.46. The number of carbonyl (C=O) groups excluding carboxylic acids is 1. The van der Waals surface area contributed by atoms with Crippen LogP contribution in [0.5, 0.6) is 11.5 Å². The summed E-state index contributed by atoms with van der Waals surface area (Å²) in [5.74, 6) is 0.694. The summed E-state index contributed by atoms with van der Waals surface area (Å²) in [6.07, 6.45) is 1.39. The highest BCUT2D eigenvalue weighted by molar-refractivity contribution is 6.32. The summed E-state index contributed by atoms with van der Waals surface area (Å²) in [5, 5.41) is 3.28. The average Bonchev–Trinajstić information content (AvgIpc) is 2.56. The average molecular weight is 371 g/mol. The highest BCUT2D eigenvalue weighted by Gasteiger charge is 2.21. The summed E-state index contributed by atoms with van der Waals surface area (Å²) in [4.78, 5) is 14.7. The second-order valence-corrected chi connectivity index (χ2v) is 6.73. The maximum Gasteiger partial charge on any atom is 0.251 e. The third kappa shape index (κ3) is 5.49. The Morgan fingerprint density at radius 1 is 1.28 bits per heavy atom. The molecule has 0 radical (unpaired) electrons. The van der Waals surface area contributed by atoms with E-state index in [4.69, 9.17) is 25.8 Å². The molecule has 1 aromatic rings. The van der Waals surface area contributed by atoms with E-state index >= 15 is 0 Å². The van der Waals surface area contributed by atoms with Gasteiger partial charge in [0.1, 0.15) is 0 Å². The molecular weight excluding hydrogens is 344 g/mol. The number of carbonyl (C=O) groups is 1. The molecule has 1 N–H and O–H groups in total. The molecule has 1 saturated heterocycles. The number of amides is 1. The number of methoxy groups -OCH3 is 2. The van der Waals surface area contributed by atoms with Crippen LogP contribution >= 0.6 is 11.6 Å². The zero-order valence-corrected chi connectivity index (χ0v) is 16.1. The van der Waals surface area contributed by atoms with E-state index in [-0.39, 0.29) is 18.1 Å². The Kier molecular flexibility index (Phi) is 7.35. The third-order valence-electron chi connectivity index (χ3n) is 4.13. The number of ether oxygens (including phenoxy) is 3. The Bertz CT molecular complexity index is 587. The normalized spacial score (nSPS) is 21.0. The lowest BCUT2D eigenvalue weighted by molar-refractivity contribution is -0.0679. The minimum absolute atomic E-state index is 0.174. The van der Waals surface area contributed by atoms with Crippen LogP contribution in [0.2, 0.25) is 5.02 Å². The standard InChI is InChI=1S/C18H27ClN2O4/c1-12-10-21(11-13(2)25-12)7-5-6-20-18(22)14-8-15(19)17(24-4)16(9-14)23-3/h8-9,12-13H,5-7,10-11H2,1-4H3,(H,20,22). The predicted octanol–water partition coefficient (Wildman–Crippen LogP) is 2.59. The summed E-state index contributed by atoms with van der Waals surface area (Å²) in [6.45, 7) is 7.58. The lowest BCUT2D eigenvalue weighted by Gasteiger charge is -2.35. The van der Waals surface area contributed by atoms with E-state index in [0.29, 0.717) is 28.6 Å². The summed E-state index contributed by atoms with van der Waals surface area (Å²) >= 11 is 6.14. The van der Waals surface area contributed by atoms with Gasteiger partial charge < -0.3 is 19.5 Å². The van der Waals surface area contributed by atoms with Gasteiger partial charge in [-0.25, -0.2) is 0 Å². The monoisotopic (exact) mass is 370 g/mol. The summed E-state index contributed by atoms with van der Waals surface area (Å²) in [7, 11) is 3.02. The number of hydrogen-bond acceptors (Lipinski definition) is 5. The molecule has 0 aromatic heterocycles. The molecule has 1 aromatic carbocycles. The number of nitrogens with zero attached hydrogens (tertiary/aromatic N) is 1. The van der Waals surface area contributed by atoms with Crippen molar-refractivity contribution in [1.82, 2.24) is 10.2 Å². The van der Waals surface area contributed by atoms with Gasteiger partial charge in [0.05, 0.1) is 31.5 Å². The molecule has 1 aliphatic rings. The molecule has 0 saturated carbocycles. The van der Waals surface area contributed by atoms with E-state index in [1.54, 1.807) is 12.1 Å². The fraction of sp³-hybridized carbons (Fsp3) is 0.611. The Hall–Kier alpha value is -1.50. The molecule has 2 atom stereocenters. The van der Waals surface area contributed by atoms with Crippen LogP contribution in [-0.2, 0) is 4.74 Å². The van der Waals surface area contributed by atoms with Crippen LogP contribution in [-0.4, -0.2) is 63.4 Å². The first-order valence-electron chi connectivity index (χ1n) is 8.52. The Labute approximate surface area is 154 Å². The van der Waals surface area contributed by atoms with Crippen molar-refractivity contribution in [2.24, 2.45) is 0 Å². The Morgan fingerprint density at radius 2 is 1.96 bits per heavy atom. The van der Waals surface area contributed by atoms with Crippen molar-refractivity contribution in [2.45, 2.75) is 32.5 Å². The van der Waals surface area contributed by atoms with Crippen molar-refractivity contribution in [1.29, 1.82) is 0 Å². The molecular formula is C18H27ClN2O4. The van der Waals surface area contributed by atoms with Crippen molar-refractivity contribution < 1.29 is 19.0 Å². The van der Waals surface area contributed by atoms with Gasteiger partial charge in [-0.3, -0.25) is 9.69 Å². The second kappa shape index (κ2) is 9.27. The van der Waals surface area contributed by atoms with Crippen LogP contribution in [0.1, 0.15) is 30.6 Å². The van der Waals surface area contributed by atoms with Crippen molar-refractivity contribution in [3.8, 4) is 11.5 Å². The van der Waals surface area contributed by atoms with Crippen molar-refractivity contribution in [3.05, 3.63) is 22.7 Å². The maximum atomic E-state index is 12.3. The smallest absolute Gasteiger partial charge is 0.251 e. The predicted molar refractivity (Wildman–Crippen MR) is 98.0 cm³/mol. The van der Waals surface area contributed by atoms with Crippen LogP contribution in [0.4, 0.5) is 0 Å². The molecule has 2 rings (SSSR count). The highest BCUT2D eigenvalue weighted by Crippen LogP contribution is 2.35. The molecule has 0 bridgehead atoms. The van der Waals surface area contributed by atoms with Gasteiger partial charge >= 0.3 is 0 Å². The molecule has 25 heavy (non-hydrogen) atoms. The quantitative estimate of drug-likeness (QED) is 0.747. The number of hydrogen-bond donors (Lipinski definition) is 1. The molecule has 0 spiro atoms. The molecule has 0 aliphatic carbocycles. The second-order valence-electron chi connectivity index (χ2n) is 6.32. The van der Waals surface area contributed by atoms with Crippen molar-refractivity contribution in [3.63, 3.8) is 0 Å². The van der Waals surface area contributed by atoms with Gasteiger partial charge in [0.25, 0.3) is 5.91 Å². The maximum absolute atomic E-state index is 12.3. The molecule has 1 amide bonds. The third-order valence-corrected chi connectivity index (χ3v) is 4.41. The van der Waals surface area contributed by atoms with Gasteiger partial charge in [0, 0.05) is 31.7 Å². The summed E-state index contributed by atoms with van der Waals surface area (Å²) < 4.78 is 16.1. The van der Waals surface area contributed by atoms with Gasteiger partial charge in [-0.2, -0.15) is 0 Å². The number of nitrogens with one attached hydrogen (secondary N) is 1. The number of benzene rings is 1. The van der Waals surface area contributed by atoms with E-state index in [0.717, 1.165) is 26.1 Å². The Morgan fingerprint density at radius 3 is 2.56 bits per heavy atom.